The maximum atomic E-state index is 5.28. The number of hydrogen-bond donors (Lipinski definition) is 2. The molecule has 0 atom stereocenters. The van der Waals surface area contributed by atoms with Gasteiger partial charge in [-0.3, -0.25) is 0 Å². The van der Waals surface area contributed by atoms with Gasteiger partial charge in [-0.15, -0.1) is 0 Å². The van der Waals surface area contributed by atoms with Crippen LogP contribution in [0.3, 0.4) is 0 Å². The van der Waals surface area contributed by atoms with Crippen LogP contribution in [0.4, 0.5) is 0 Å². The molecule has 5 nitrogen and oxygen atoms in total. The lowest BCUT2D eigenvalue weighted by atomic mass is 10.1. The molecule has 0 heterocycles. The third-order valence-electron chi connectivity index (χ3n) is 4.18. The van der Waals surface area contributed by atoms with E-state index in [0.29, 0.717) is 0 Å². The second-order valence-electron chi connectivity index (χ2n) is 6.16. The van der Waals surface area contributed by atoms with E-state index in [4.69, 9.17) is 25.7 Å². The van der Waals surface area contributed by atoms with Crippen molar-refractivity contribution in [2.24, 2.45) is 11.5 Å². The van der Waals surface area contributed by atoms with Gasteiger partial charge < -0.3 is 25.7 Å². The van der Waals surface area contributed by atoms with Crippen molar-refractivity contribution < 1.29 is 14.2 Å². The van der Waals surface area contributed by atoms with Gasteiger partial charge in [0.15, 0.2) is 0 Å². The van der Waals surface area contributed by atoms with Crippen molar-refractivity contribution in [2.75, 3.05) is 34.4 Å². The van der Waals surface area contributed by atoms with Gasteiger partial charge in [-0.1, -0.05) is 58.3 Å². The lowest BCUT2D eigenvalue weighted by Crippen LogP contribution is -2.35. The molecule has 5 heteroatoms. The first-order valence-electron chi connectivity index (χ1n) is 9.71. The molecule has 0 aromatic rings. The molecule has 0 rings (SSSR count). The van der Waals surface area contributed by atoms with E-state index >= 15 is 0 Å². The van der Waals surface area contributed by atoms with Crippen LogP contribution in [0, 0.1) is 0 Å². The number of ether oxygens (including phenoxy) is 3. The average molecular weight is 349 g/mol. The molecule has 4 N–H and O–H groups in total. The predicted molar refractivity (Wildman–Crippen MR) is 103 cm³/mol. The third-order valence-corrected chi connectivity index (χ3v) is 4.18. The van der Waals surface area contributed by atoms with Crippen LogP contribution in [-0.4, -0.2) is 40.4 Å². The first kappa shape index (κ1) is 26.0. The maximum absolute atomic E-state index is 5.28. The second-order valence-corrected chi connectivity index (χ2v) is 6.16. The van der Waals surface area contributed by atoms with Gasteiger partial charge in [-0.05, 0) is 32.4 Å². The summed E-state index contributed by atoms with van der Waals surface area (Å²) in [6, 6.07) is 0. The summed E-state index contributed by atoms with van der Waals surface area (Å²) in [7, 11) is 4.86. The quantitative estimate of drug-likeness (QED) is 0.323. The molecule has 0 aliphatic heterocycles. The summed E-state index contributed by atoms with van der Waals surface area (Å²) in [6.07, 6.45) is 14.6. The van der Waals surface area contributed by atoms with Crippen LogP contribution < -0.4 is 11.5 Å². The molecular formula is C19H44N2O3. The standard InChI is InChI=1S/C13H28O3.C6H16N2/c1-5-6-7-8-9-10-11-12-13(14-2,15-3)16-4;7-5-3-1-2-4-6-8/h5-12H2,1-4H3;1-8H2. The highest BCUT2D eigenvalue weighted by molar-refractivity contribution is 4.56. The van der Waals surface area contributed by atoms with Crippen molar-refractivity contribution in [2.45, 2.75) is 89.9 Å². The van der Waals surface area contributed by atoms with Gasteiger partial charge >= 0.3 is 0 Å². The SMILES string of the molecule is CCCCCCCCCC(OC)(OC)OC.NCCCCCCN. The van der Waals surface area contributed by atoms with E-state index in [2.05, 4.69) is 6.92 Å². The smallest absolute Gasteiger partial charge is 0.282 e. The molecule has 0 fully saturated rings. The highest BCUT2D eigenvalue weighted by Crippen LogP contribution is 2.21. The minimum Gasteiger partial charge on any atom is -0.331 e. The van der Waals surface area contributed by atoms with Crippen molar-refractivity contribution in [3.8, 4) is 0 Å². The highest BCUT2D eigenvalue weighted by atomic mass is 16.9. The van der Waals surface area contributed by atoms with Crippen LogP contribution >= 0.6 is 0 Å². The first-order chi connectivity index (χ1) is 11.7. The molecule has 0 aliphatic rings. The Hall–Kier alpha value is -0.200. The van der Waals surface area contributed by atoms with E-state index in [0.717, 1.165) is 38.8 Å². The number of methoxy groups -OCH3 is 3. The first-order valence-corrected chi connectivity index (χ1v) is 9.71. The van der Waals surface area contributed by atoms with Crippen LogP contribution in [-0.2, 0) is 14.2 Å². The van der Waals surface area contributed by atoms with E-state index in [1.807, 2.05) is 0 Å². The lowest BCUT2D eigenvalue weighted by molar-refractivity contribution is -0.355. The molecule has 0 spiro atoms. The fraction of sp³-hybridized carbons (Fsp3) is 1.00. The monoisotopic (exact) mass is 348 g/mol. The van der Waals surface area contributed by atoms with Gasteiger partial charge in [0.2, 0.25) is 0 Å². The van der Waals surface area contributed by atoms with Crippen LogP contribution in [0.15, 0.2) is 0 Å². The van der Waals surface area contributed by atoms with E-state index < -0.39 is 5.97 Å². The molecule has 0 aliphatic carbocycles. The Morgan fingerprint density at radius 1 is 0.583 bits per heavy atom. The zero-order valence-corrected chi connectivity index (χ0v) is 16.8. The molecule has 0 saturated heterocycles. The van der Waals surface area contributed by atoms with Gasteiger partial charge in [-0.25, -0.2) is 0 Å². The van der Waals surface area contributed by atoms with Crippen molar-refractivity contribution in [1.82, 2.24) is 0 Å². The van der Waals surface area contributed by atoms with Gasteiger partial charge in [0.05, 0.1) is 0 Å². The number of unbranched alkanes of at least 4 members (excludes halogenated alkanes) is 9. The van der Waals surface area contributed by atoms with Crippen LogP contribution in [0.2, 0.25) is 0 Å². The summed E-state index contributed by atoms with van der Waals surface area (Å²) < 4.78 is 15.7. The third kappa shape index (κ3) is 16.7. The summed E-state index contributed by atoms with van der Waals surface area (Å²) in [6.45, 7) is 3.89. The molecule has 0 bridgehead atoms. The summed E-state index contributed by atoms with van der Waals surface area (Å²) in [5.74, 6) is -0.830. The van der Waals surface area contributed by atoms with Crippen LogP contribution in [0.1, 0.15) is 84.0 Å². The lowest BCUT2D eigenvalue weighted by Gasteiger charge is -2.28. The van der Waals surface area contributed by atoms with E-state index in [1.54, 1.807) is 21.3 Å². The Labute approximate surface area is 150 Å². The molecular weight excluding hydrogens is 304 g/mol. The Bertz CT molecular complexity index is 210. The second kappa shape index (κ2) is 20.8. The Morgan fingerprint density at radius 3 is 1.33 bits per heavy atom. The van der Waals surface area contributed by atoms with Crippen molar-refractivity contribution in [1.29, 1.82) is 0 Å². The number of nitrogens with two attached hydrogens (primary N) is 2. The Balaban J connectivity index is 0. The normalized spacial score (nSPS) is 11.2. The van der Waals surface area contributed by atoms with Gasteiger partial charge in [0.25, 0.3) is 5.97 Å². The number of rotatable bonds is 16. The average Bonchev–Trinajstić information content (AvgIpc) is 2.62. The molecule has 0 radical (unpaired) electrons. The number of hydrogen-bond acceptors (Lipinski definition) is 5. The molecule has 0 amide bonds. The molecule has 0 aromatic carbocycles. The summed E-state index contributed by atoms with van der Waals surface area (Å²) in [4.78, 5) is 0. The minimum atomic E-state index is -0.830. The molecule has 148 valence electrons. The van der Waals surface area contributed by atoms with Gasteiger partial charge in [0, 0.05) is 27.8 Å². The fourth-order valence-electron chi connectivity index (χ4n) is 2.50. The zero-order chi connectivity index (χ0) is 18.5. The molecule has 0 unspecified atom stereocenters. The van der Waals surface area contributed by atoms with Crippen molar-refractivity contribution in [3.05, 3.63) is 0 Å². The minimum absolute atomic E-state index is 0.796. The van der Waals surface area contributed by atoms with Crippen molar-refractivity contribution >= 4 is 0 Å². The maximum Gasteiger partial charge on any atom is 0.282 e. The summed E-state index contributed by atoms with van der Waals surface area (Å²) in [5, 5.41) is 0. The van der Waals surface area contributed by atoms with Crippen LogP contribution in [0.25, 0.3) is 0 Å². The summed E-state index contributed by atoms with van der Waals surface area (Å²) >= 11 is 0. The van der Waals surface area contributed by atoms with E-state index in [-0.39, 0.29) is 0 Å². The Morgan fingerprint density at radius 2 is 0.958 bits per heavy atom. The van der Waals surface area contributed by atoms with Crippen LogP contribution in [0.5, 0.6) is 0 Å². The topological polar surface area (TPSA) is 79.7 Å². The van der Waals surface area contributed by atoms with Gasteiger partial charge in [0.1, 0.15) is 0 Å². The molecule has 24 heavy (non-hydrogen) atoms. The highest BCUT2D eigenvalue weighted by Gasteiger charge is 2.28. The largest absolute Gasteiger partial charge is 0.331 e. The van der Waals surface area contributed by atoms with Gasteiger partial charge in [-0.2, -0.15) is 0 Å². The molecule has 0 aromatic heterocycles. The van der Waals surface area contributed by atoms with Crippen molar-refractivity contribution in [3.63, 3.8) is 0 Å². The fourth-order valence-corrected chi connectivity index (χ4v) is 2.50. The summed E-state index contributed by atoms with van der Waals surface area (Å²) in [5.41, 5.74) is 10.6. The van der Waals surface area contributed by atoms with E-state index in [9.17, 15) is 0 Å². The van der Waals surface area contributed by atoms with E-state index in [1.165, 1.54) is 51.4 Å². The zero-order valence-electron chi connectivity index (χ0n) is 16.8. The Kier molecular flexibility index (Phi) is 22.6. The molecule has 0 saturated carbocycles. The predicted octanol–water partition coefficient (Wildman–Crippen LogP) is 4.18.